The van der Waals surface area contributed by atoms with Gasteiger partial charge >= 0.3 is 0 Å². The SMILES string of the molecule is O=C(C=C1CCCCCC1)Sc1ccccc1. The third kappa shape index (κ3) is 4.39. The van der Waals surface area contributed by atoms with Gasteiger partial charge in [0.05, 0.1) is 0 Å². The molecule has 2 heteroatoms. The first kappa shape index (κ1) is 12.4. The maximum Gasteiger partial charge on any atom is 0.216 e. The van der Waals surface area contributed by atoms with E-state index < -0.39 is 0 Å². The minimum Gasteiger partial charge on any atom is -0.282 e. The summed E-state index contributed by atoms with van der Waals surface area (Å²) in [6.07, 6.45) is 9.21. The van der Waals surface area contributed by atoms with E-state index in [9.17, 15) is 4.79 Å². The highest BCUT2D eigenvalue weighted by atomic mass is 32.2. The van der Waals surface area contributed by atoms with Gasteiger partial charge in [-0.15, -0.1) is 0 Å². The van der Waals surface area contributed by atoms with Gasteiger partial charge in [0, 0.05) is 4.90 Å². The van der Waals surface area contributed by atoms with Crippen molar-refractivity contribution in [1.29, 1.82) is 0 Å². The monoisotopic (exact) mass is 246 g/mol. The second-order valence-electron chi connectivity index (χ2n) is 4.45. The lowest BCUT2D eigenvalue weighted by Gasteiger charge is -2.02. The van der Waals surface area contributed by atoms with Gasteiger partial charge in [-0.3, -0.25) is 4.79 Å². The van der Waals surface area contributed by atoms with Crippen molar-refractivity contribution in [3.8, 4) is 0 Å². The van der Waals surface area contributed by atoms with Crippen molar-refractivity contribution in [3.05, 3.63) is 42.0 Å². The lowest BCUT2D eigenvalue weighted by atomic mass is 10.1. The zero-order valence-corrected chi connectivity index (χ0v) is 10.8. The number of hydrogen-bond donors (Lipinski definition) is 0. The Kier molecular flexibility index (Phi) is 4.87. The molecule has 0 N–H and O–H groups in total. The highest BCUT2D eigenvalue weighted by molar-refractivity contribution is 8.14. The quantitative estimate of drug-likeness (QED) is 0.431. The van der Waals surface area contributed by atoms with Gasteiger partial charge in [0.2, 0.25) is 5.12 Å². The smallest absolute Gasteiger partial charge is 0.216 e. The molecule has 2 rings (SSSR count). The average molecular weight is 246 g/mol. The van der Waals surface area contributed by atoms with E-state index in [-0.39, 0.29) is 5.12 Å². The molecule has 1 fully saturated rings. The Morgan fingerprint density at radius 1 is 1.00 bits per heavy atom. The number of allylic oxidation sites excluding steroid dienone is 1. The Morgan fingerprint density at radius 3 is 2.29 bits per heavy atom. The van der Waals surface area contributed by atoms with Gasteiger partial charge in [0.25, 0.3) is 0 Å². The molecule has 17 heavy (non-hydrogen) atoms. The summed E-state index contributed by atoms with van der Waals surface area (Å²) in [5.41, 5.74) is 1.34. The van der Waals surface area contributed by atoms with Crippen LogP contribution in [-0.4, -0.2) is 5.12 Å². The average Bonchev–Trinajstić information content (AvgIpc) is 2.59. The number of carbonyl (C=O) groups excluding carboxylic acids is 1. The lowest BCUT2D eigenvalue weighted by Crippen LogP contribution is -1.90. The number of hydrogen-bond acceptors (Lipinski definition) is 2. The molecule has 1 aliphatic rings. The van der Waals surface area contributed by atoms with Crippen LogP contribution in [-0.2, 0) is 4.79 Å². The van der Waals surface area contributed by atoms with Crippen molar-refractivity contribution >= 4 is 16.9 Å². The van der Waals surface area contributed by atoms with Crippen LogP contribution in [0.2, 0.25) is 0 Å². The molecule has 0 amide bonds. The Morgan fingerprint density at radius 2 is 1.65 bits per heavy atom. The normalized spacial score (nSPS) is 16.4. The number of carbonyl (C=O) groups is 1. The molecule has 90 valence electrons. The van der Waals surface area contributed by atoms with E-state index in [4.69, 9.17) is 0 Å². The molecule has 0 unspecified atom stereocenters. The largest absolute Gasteiger partial charge is 0.282 e. The van der Waals surface area contributed by atoms with Crippen molar-refractivity contribution in [1.82, 2.24) is 0 Å². The summed E-state index contributed by atoms with van der Waals surface area (Å²) in [5, 5.41) is 0.174. The first-order valence-corrected chi connectivity index (χ1v) is 7.12. The summed E-state index contributed by atoms with van der Waals surface area (Å²) in [5.74, 6) is 0. The van der Waals surface area contributed by atoms with Crippen LogP contribution in [0.4, 0.5) is 0 Å². The fourth-order valence-electron chi connectivity index (χ4n) is 2.13. The van der Waals surface area contributed by atoms with Crippen LogP contribution in [0.25, 0.3) is 0 Å². The van der Waals surface area contributed by atoms with Gasteiger partial charge < -0.3 is 0 Å². The molecule has 1 aromatic carbocycles. The van der Waals surface area contributed by atoms with Crippen LogP contribution in [0.5, 0.6) is 0 Å². The Hall–Kier alpha value is -1.02. The fourth-order valence-corrected chi connectivity index (χ4v) is 2.88. The van der Waals surface area contributed by atoms with E-state index in [1.165, 1.54) is 43.0 Å². The summed E-state index contributed by atoms with van der Waals surface area (Å²) >= 11 is 1.33. The molecule has 0 radical (unpaired) electrons. The van der Waals surface area contributed by atoms with E-state index in [0.29, 0.717) is 0 Å². The van der Waals surface area contributed by atoms with Crippen LogP contribution in [0.15, 0.2) is 46.9 Å². The molecule has 0 aromatic heterocycles. The second-order valence-corrected chi connectivity index (χ2v) is 5.53. The number of benzene rings is 1. The molecule has 0 heterocycles. The van der Waals surface area contributed by atoms with Crippen LogP contribution in [0.1, 0.15) is 38.5 Å². The highest BCUT2D eigenvalue weighted by Gasteiger charge is 2.07. The number of thioether (sulfide) groups is 1. The lowest BCUT2D eigenvalue weighted by molar-refractivity contribution is -0.107. The van der Waals surface area contributed by atoms with E-state index in [1.807, 2.05) is 36.4 Å². The predicted octanol–water partition coefficient (Wildman–Crippen LogP) is 4.59. The maximum atomic E-state index is 11.9. The molecule has 1 aromatic rings. The van der Waals surface area contributed by atoms with Gasteiger partial charge in [-0.25, -0.2) is 0 Å². The molecular weight excluding hydrogens is 228 g/mol. The molecule has 0 bridgehead atoms. The second kappa shape index (κ2) is 6.65. The Bertz CT molecular complexity index is 385. The van der Waals surface area contributed by atoms with Crippen molar-refractivity contribution in [3.63, 3.8) is 0 Å². The zero-order chi connectivity index (χ0) is 11.9. The first-order valence-electron chi connectivity index (χ1n) is 6.31. The van der Waals surface area contributed by atoms with Crippen molar-refractivity contribution in [2.24, 2.45) is 0 Å². The predicted molar refractivity (Wildman–Crippen MR) is 73.1 cm³/mol. The molecule has 1 saturated carbocycles. The summed E-state index contributed by atoms with van der Waals surface area (Å²) in [4.78, 5) is 12.9. The zero-order valence-electron chi connectivity index (χ0n) is 10.0. The molecular formula is C15H18OS. The van der Waals surface area contributed by atoms with Crippen LogP contribution >= 0.6 is 11.8 Å². The minimum atomic E-state index is 0.174. The molecule has 0 aliphatic heterocycles. The number of rotatable bonds is 2. The standard InChI is InChI=1S/C15H18OS/c16-15(17-14-10-6-3-7-11-14)12-13-8-4-1-2-5-9-13/h3,6-7,10-12H,1-2,4-5,8-9H2. The van der Waals surface area contributed by atoms with Crippen molar-refractivity contribution in [2.75, 3.05) is 0 Å². The van der Waals surface area contributed by atoms with E-state index in [1.54, 1.807) is 0 Å². The van der Waals surface area contributed by atoms with Gasteiger partial charge in [0.1, 0.15) is 0 Å². The van der Waals surface area contributed by atoms with Crippen LogP contribution in [0.3, 0.4) is 0 Å². The fraction of sp³-hybridized carbons (Fsp3) is 0.400. The first-order chi connectivity index (χ1) is 8.34. The topological polar surface area (TPSA) is 17.1 Å². The highest BCUT2D eigenvalue weighted by Crippen LogP contribution is 2.25. The molecule has 0 saturated heterocycles. The molecule has 0 spiro atoms. The van der Waals surface area contributed by atoms with E-state index >= 15 is 0 Å². The van der Waals surface area contributed by atoms with Gasteiger partial charge in [-0.2, -0.15) is 0 Å². The molecule has 1 nitrogen and oxygen atoms in total. The van der Waals surface area contributed by atoms with Crippen LogP contribution in [0, 0.1) is 0 Å². The van der Waals surface area contributed by atoms with E-state index in [0.717, 1.165) is 17.7 Å². The molecule has 1 aliphatic carbocycles. The maximum absolute atomic E-state index is 11.9. The van der Waals surface area contributed by atoms with Gasteiger partial charge in [-0.1, -0.05) is 36.6 Å². The summed E-state index contributed by atoms with van der Waals surface area (Å²) in [6, 6.07) is 9.86. The van der Waals surface area contributed by atoms with Gasteiger partial charge in [0.15, 0.2) is 0 Å². The van der Waals surface area contributed by atoms with Crippen molar-refractivity contribution in [2.45, 2.75) is 43.4 Å². The third-order valence-electron chi connectivity index (χ3n) is 3.03. The van der Waals surface area contributed by atoms with Crippen LogP contribution < -0.4 is 0 Å². The van der Waals surface area contributed by atoms with E-state index in [2.05, 4.69) is 0 Å². The summed E-state index contributed by atoms with van der Waals surface area (Å²) < 4.78 is 0. The summed E-state index contributed by atoms with van der Waals surface area (Å²) in [6.45, 7) is 0. The third-order valence-corrected chi connectivity index (χ3v) is 3.86. The Balaban J connectivity index is 1.93. The minimum absolute atomic E-state index is 0.174. The molecule has 0 atom stereocenters. The van der Waals surface area contributed by atoms with Gasteiger partial charge in [-0.05, 0) is 55.7 Å². The summed E-state index contributed by atoms with van der Waals surface area (Å²) in [7, 11) is 0. The van der Waals surface area contributed by atoms with Crippen molar-refractivity contribution < 1.29 is 4.79 Å². The Labute approximate surface area is 107 Å².